The Balaban J connectivity index is 1.91. The second kappa shape index (κ2) is 6.68. The monoisotopic (exact) mass is 358 g/mol. The first-order valence-electron chi connectivity index (χ1n) is 8.72. The van der Waals surface area contributed by atoms with E-state index in [0.717, 1.165) is 16.9 Å². The van der Waals surface area contributed by atoms with Crippen molar-refractivity contribution in [2.24, 2.45) is 0 Å². The summed E-state index contributed by atoms with van der Waals surface area (Å²) in [5.41, 5.74) is 4.37. The summed E-state index contributed by atoms with van der Waals surface area (Å²) >= 11 is 0. The molecule has 2 aromatic carbocycles. The van der Waals surface area contributed by atoms with Gasteiger partial charge in [0.25, 0.3) is 0 Å². The minimum Gasteiger partial charge on any atom is -0.422 e. The Bertz CT molecular complexity index is 1060. The number of hydrogen-bond acceptors (Lipinski definition) is 4. The molecule has 1 aliphatic carbocycles. The number of Topliss-reactive ketones (excluding diaryl/α,β-unsaturated/α-hetero) is 1. The van der Waals surface area contributed by atoms with Gasteiger partial charge in [-0.15, -0.1) is 0 Å². The van der Waals surface area contributed by atoms with E-state index >= 15 is 0 Å². The van der Waals surface area contributed by atoms with Crippen LogP contribution in [0.3, 0.4) is 0 Å². The fourth-order valence-electron chi connectivity index (χ4n) is 3.44. The van der Waals surface area contributed by atoms with Gasteiger partial charge >= 0.3 is 5.97 Å². The highest BCUT2D eigenvalue weighted by Gasteiger charge is 2.34. The quantitative estimate of drug-likeness (QED) is 0.667. The van der Waals surface area contributed by atoms with Crippen LogP contribution in [-0.2, 0) is 16.0 Å². The molecule has 0 saturated carbocycles. The fraction of sp³-hybridized carbons (Fsp3) is 0.136. The van der Waals surface area contributed by atoms with Gasteiger partial charge in [0.15, 0.2) is 5.76 Å². The van der Waals surface area contributed by atoms with Crippen molar-refractivity contribution in [2.75, 3.05) is 0 Å². The third kappa shape index (κ3) is 2.97. The number of ketones is 1. The van der Waals surface area contributed by atoms with E-state index in [4.69, 9.17) is 4.74 Å². The lowest BCUT2D eigenvalue weighted by atomic mass is 9.88. The molecule has 0 radical (unpaired) electrons. The van der Waals surface area contributed by atoms with E-state index in [9.17, 15) is 9.59 Å². The Kier molecular flexibility index (Phi) is 4.20. The van der Waals surface area contributed by atoms with Crippen LogP contribution in [0.4, 0.5) is 0 Å². The topological polar surface area (TPSA) is 61.2 Å². The molecule has 0 spiro atoms. The number of aryl methyl sites for hydroxylation is 1. The number of allylic oxidation sites excluding steroid dienone is 2. The number of nitrogens with zero attached hydrogens (tertiary/aromatic N) is 2. The van der Waals surface area contributed by atoms with E-state index in [1.165, 1.54) is 6.92 Å². The van der Waals surface area contributed by atoms with Crippen LogP contribution in [0.5, 0.6) is 0 Å². The third-order valence-electron chi connectivity index (χ3n) is 4.58. The Morgan fingerprint density at radius 1 is 1.04 bits per heavy atom. The number of carbonyl (C=O) groups excluding carboxylic acids is 2. The number of ether oxygens (including phenoxy) is 1. The van der Waals surface area contributed by atoms with Gasteiger partial charge < -0.3 is 4.74 Å². The van der Waals surface area contributed by atoms with Gasteiger partial charge in [0.05, 0.1) is 22.6 Å². The molecule has 0 N–H and O–H groups in total. The average molecular weight is 358 g/mol. The van der Waals surface area contributed by atoms with Crippen LogP contribution < -0.4 is 0 Å². The zero-order valence-corrected chi connectivity index (χ0v) is 15.1. The van der Waals surface area contributed by atoms with E-state index in [-0.39, 0.29) is 11.5 Å². The van der Waals surface area contributed by atoms with E-state index in [0.29, 0.717) is 23.3 Å². The van der Waals surface area contributed by atoms with Crippen LogP contribution in [0.15, 0.2) is 66.4 Å². The maximum Gasteiger partial charge on any atom is 0.308 e. The molecule has 0 atom stereocenters. The van der Waals surface area contributed by atoms with Crippen molar-refractivity contribution in [1.29, 1.82) is 0 Å². The van der Waals surface area contributed by atoms with Crippen molar-refractivity contribution in [1.82, 2.24) is 9.78 Å². The number of aromatic nitrogens is 2. The van der Waals surface area contributed by atoms with E-state index in [1.54, 1.807) is 11.6 Å². The zero-order chi connectivity index (χ0) is 19.0. The second-order valence-electron chi connectivity index (χ2n) is 6.43. The third-order valence-corrected chi connectivity index (χ3v) is 4.58. The molecular weight excluding hydrogens is 340 g/mol. The molecule has 5 nitrogen and oxygen atoms in total. The van der Waals surface area contributed by atoms with Crippen LogP contribution in [0.1, 0.15) is 34.2 Å². The van der Waals surface area contributed by atoms with Gasteiger partial charge in [-0.3, -0.25) is 9.59 Å². The molecule has 0 fully saturated rings. The number of esters is 1. The summed E-state index contributed by atoms with van der Waals surface area (Å²) in [7, 11) is 0. The molecule has 1 heterocycles. The van der Waals surface area contributed by atoms with Gasteiger partial charge in [0.2, 0.25) is 5.78 Å². The van der Waals surface area contributed by atoms with Crippen LogP contribution in [0, 0.1) is 6.92 Å². The molecule has 4 rings (SSSR count). The largest absolute Gasteiger partial charge is 0.422 e. The number of carbonyl (C=O) groups is 2. The van der Waals surface area contributed by atoms with Crippen molar-refractivity contribution >= 4 is 17.3 Å². The SMILES string of the molecule is CC(=O)OC1=C(c2ccccc2)Cc2c(c(C)nn2-c2ccccc2)C1=O. The van der Waals surface area contributed by atoms with Crippen LogP contribution in [0.2, 0.25) is 0 Å². The fourth-order valence-corrected chi connectivity index (χ4v) is 3.44. The Morgan fingerprint density at radius 2 is 1.67 bits per heavy atom. The summed E-state index contributed by atoms with van der Waals surface area (Å²) in [6.45, 7) is 3.10. The molecule has 3 aromatic rings. The summed E-state index contributed by atoms with van der Waals surface area (Å²) in [5.74, 6) is -0.717. The minimum atomic E-state index is -0.511. The van der Waals surface area contributed by atoms with Gasteiger partial charge in [-0.25, -0.2) is 4.68 Å². The molecule has 1 aliphatic rings. The van der Waals surface area contributed by atoms with Crippen LogP contribution in [0.25, 0.3) is 11.3 Å². The first-order valence-corrected chi connectivity index (χ1v) is 8.72. The smallest absolute Gasteiger partial charge is 0.308 e. The molecular formula is C22H18N2O3. The maximum atomic E-state index is 13.2. The van der Waals surface area contributed by atoms with Crippen molar-refractivity contribution in [3.63, 3.8) is 0 Å². The molecule has 0 saturated heterocycles. The van der Waals surface area contributed by atoms with Crippen molar-refractivity contribution in [3.8, 4) is 5.69 Å². The van der Waals surface area contributed by atoms with Crippen molar-refractivity contribution in [3.05, 3.63) is 88.9 Å². The molecule has 0 aliphatic heterocycles. The summed E-state index contributed by atoms with van der Waals surface area (Å²) in [6.07, 6.45) is 0.448. The van der Waals surface area contributed by atoms with E-state index in [1.807, 2.05) is 60.7 Å². The minimum absolute atomic E-state index is 0.0944. The van der Waals surface area contributed by atoms with Gasteiger partial charge in [0.1, 0.15) is 0 Å². The predicted octanol–water partition coefficient (Wildman–Crippen LogP) is 3.89. The zero-order valence-electron chi connectivity index (χ0n) is 15.1. The lowest BCUT2D eigenvalue weighted by Gasteiger charge is -2.20. The Labute approximate surface area is 156 Å². The molecule has 134 valence electrons. The standard InChI is InChI=1S/C22H18N2O3/c1-14-20-19(24(23-14)17-11-7-4-8-12-17)13-18(16-9-5-3-6-10-16)22(21(20)26)27-15(2)25/h3-12H,13H2,1-2H3. The number of benzene rings is 2. The lowest BCUT2D eigenvalue weighted by molar-refractivity contribution is -0.136. The second-order valence-corrected chi connectivity index (χ2v) is 6.43. The van der Waals surface area contributed by atoms with E-state index in [2.05, 4.69) is 5.10 Å². The van der Waals surface area contributed by atoms with Gasteiger partial charge in [-0.2, -0.15) is 5.10 Å². The van der Waals surface area contributed by atoms with Crippen LogP contribution in [-0.4, -0.2) is 21.5 Å². The maximum absolute atomic E-state index is 13.2. The van der Waals surface area contributed by atoms with Gasteiger partial charge in [-0.1, -0.05) is 48.5 Å². The number of hydrogen-bond donors (Lipinski definition) is 0. The Morgan fingerprint density at radius 3 is 2.30 bits per heavy atom. The average Bonchev–Trinajstić information content (AvgIpc) is 3.01. The first kappa shape index (κ1) is 17.0. The van der Waals surface area contributed by atoms with Gasteiger partial charge in [-0.05, 0) is 24.6 Å². The number of rotatable bonds is 3. The summed E-state index contributed by atoms with van der Waals surface area (Å²) in [6, 6.07) is 19.2. The molecule has 1 aromatic heterocycles. The highest BCUT2D eigenvalue weighted by Crippen LogP contribution is 2.35. The summed E-state index contributed by atoms with van der Waals surface area (Å²) in [4.78, 5) is 24.8. The summed E-state index contributed by atoms with van der Waals surface area (Å²) < 4.78 is 7.15. The van der Waals surface area contributed by atoms with Gasteiger partial charge in [0, 0.05) is 18.9 Å². The molecule has 0 bridgehead atoms. The van der Waals surface area contributed by atoms with Crippen molar-refractivity contribution in [2.45, 2.75) is 20.3 Å². The normalized spacial score (nSPS) is 13.5. The van der Waals surface area contributed by atoms with E-state index < -0.39 is 5.97 Å². The Hall–Kier alpha value is -3.47. The first-order chi connectivity index (χ1) is 13.1. The number of para-hydroxylation sites is 1. The highest BCUT2D eigenvalue weighted by molar-refractivity contribution is 6.16. The van der Waals surface area contributed by atoms with Crippen molar-refractivity contribution < 1.29 is 14.3 Å². The highest BCUT2D eigenvalue weighted by atomic mass is 16.5. The van der Waals surface area contributed by atoms with Crippen LogP contribution >= 0.6 is 0 Å². The molecule has 0 unspecified atom stereocenters. The number of fused-ring (bicyclic) bond motifs is 1. The lowest BCUT2D eigenvalue weighted by Crippen LogP contribution is -2.21. The molecule has 27 heavy (non-hydrogen) atoms. The molecule has 5 heteroatoms. The summed E-state index contributed by atoms with van der Waals surface area (Å²) in [5, 5.41) is 4.58. The molecule has 0 amide bonds. The predicted molar refractivity (Wildman–Crippen MR) is 101 cm³/mol.